The molecule has 1 aliphatic rings. The minimum atomic E-state index is 0.398. The number of hydrogen-bond acceptors (Lipinski definition) is 2. The fraction of sp³-hybridized carbons (Fsp3) is 1.00. The van der Waals surface area contributed by atoms with Crippen LogP contribution in [-0.2, 0) is 0 Å². The largest absolute Gasteiger partial charge is 0.326 e. The van der Waals surface area contributed by atoms with Crippen molar-refractivity contribution in [3.8, 4) is 0 Å². The van der Waals surface area contributed by atoms with E-state index in [0.717, 1.165) is 0 Å². The molecule has 2 heteroatoms. The monoisotopic (exact) mass is 184 g/mol. The van der Waals surface area contributed by atoms with E-state index >= 15 is 0 Å². The Morgan fingerprint density at radius 3 is 2.38 bits per heavy atom. The van der Waals surface area contributed by atoms with Gasteiger partial charge in [0.2, 0.25) is 0 Å². The molecule has 2 atom stereocenters. The van der Waals surface area contributed by atoms with E-state index in [4.69, 9.17) is 5.73 Å². The van der Waals surface area contributed by atoms with Crippen LogP contribution in [0.15, 0.2) is 0 Å². The lowest BCUT2D eigenvalue weighted by atomic mass is 9.90. The topological polar surface area (TPSA) is 38.0 Å². The van der Waals surface area contributed by atoms with E-state index in [1.807, 2.05) is 0 Å². The molecule has 0 amide bonds. The normalized spacial score (nSPS) is 29.5. The van der Waals surface area contributed by atoms with Gasteiger partial charge >= 0.3 is 0 Å². The maximum absolute atomic E-state index is 6.07. The van der Waals surface area contributed by atoms with Crippen LogP contribution < -0.4 is 11.1 Å². The lowest BCUT2D eigenvalue weighted by molar-refractivity contribution is 0.292. The number of nitrogens with one attached hydrogen (secondary N) is 1. The van der Waals surface area contributed by atoms with E-state index in [2.05, 4.69) is 19.2 Å². The van der Waals surface area contributed by atoms with Gasteiger partial charge in [0.15, 0.2) is 0 Å². The summed E-state index contributed by atoms with van der Waals surface area (Å²) in [7, 11) is 0. The highest BCUT2D eigenvalue weighted by atomic mass is 15.0. The third-order valence-electron chi connectivity index (χ3n) is 3.25. The smallest absolute Gasteiger partial charge is 0.0221 e. The van der Waals surface area contributed by atoms with Gasteiger partial charge in [-0.3, -0.25) is 0 Å². The molecule has 1 fully saturated rings. The Bertz CT molecular complexity index is 132. The van der Waals surface area contributed by atoms with E-state index < -0.39 is 0 Å². The minimum Gasteiger partial charge on any atom is -0.326 e. The SMILES string of the molecule is CCC(CC)NC1CCCCC1N. The van der Waals surface area contributed by atoms with Crippen LogP contribution in [0.5, 0.6) is 0 Å². The van der Waals surface area contributed by atoms with Crippen molar-refractivity contribution in [3.63, 3.8) is 0 Å². The zero-order chi connectivity index (χ0) is 9.68. The van der Waals surface area contributed by atoms with E-state index in [1.165, 1.54) is 38.5 Å². The third kappa shape index (κ3) is 3.28. The summed E-state index contributed by atoms with van der Waals surface area (Å²) in [4.78, 5) is 0. The number of nitrogens with two attached hydrogens (primary N) is 1. The molecule has 0 heterocycles. The number of hydrogen-bond donors (Lipinski definition) is 2. The molecule has 0 bridgehead atoms. The van der Waals surface area contributed by atoms with Gasteiger partial charge in [0, 0.05) is 18.1 Å². The molecule has 2 nitrogen and oxygen atoms in total. The Morgan fingerprint density at radius 2 is 1.85 bits per heavy atom. The lowest BCUT2D eigenvalue weighted by Gasteiger charge is -2.32. The van der Waals surface area contributed by atoms with Crippen LogP contribution in [0.4, 0.5) is 0 Å². The molecule has 13 heavy (non-hydrogen) atoms. The van der Waals surface area contributed by atoms with Crippen molar-refractivity contribution < 1.29 is 0 Å². The summed E-state index contributed by atoms with van der Waals surface area (Å²) >= 11 is 0. The molecule has 1 saturated carbocycles. The Kier molecular flexibility index (Phi) is 4.74. The van der Waals surface area contributed by atoms with Crippen LogP contribution in [0.1, 0.15) is 52.4 Å². The molecule has 0 spiro atoms. The van der Waals surface area contributed by atoms with Gasteiger partial charge in [-0.25, -0.2) is 0 Å². The molecule has 2 unspecified atom stereocenters. The Hall–Kier alpha value is -0.0800. The van der Waals surface area contributed by atoms with Gasteiger partial charge in [0.05, 0.1) is 0 Å². The summed E-state index contributed by atoms with van der Waals surface area (Å²) in [5.41, 5.74) is 6.07. The maximum Gasteiger partial charge on any atom is 0.0221 e. The van der Waals surface area contributed by atoms with Crippen LogP contribution in [0, 0.1) is 0 Å². The molecular weight excluding hydrogens is 160 g/mol. The second kappa shape index (κ2) is 5.61. The lowest BCUT2D eigenvalue weighted by Crippen LogP contribution is -2.50. The van der Waals surface area contributed by atoms with Gasteiger partial charge in [-0.05, 0) is 25.7 Å². The molecule has 3 N–H and O–H groups in total. The molecular formula is C11H24N2. The van der Waals surface area contributed by atoms with Crippen molar-refractivity contribution in [2.45, 2.75) is 70.5 Å². The first-order chi connectivity index (χ1) is 6.27. The summed E-state index contributed by atoms with van der Waals surface area (Å²) in [5, 5.41) is 3.68. The quantitative estimate of drug-likeness (QED) is 0.701. The van der Waals surface area contributed by atoms with Crippen LogP contribution in [0.2, 0.25) is 0 Å². The Labute approximate surface area is 82.3 Å². The molecule has 0 aromatic rings. The fourth-order valence-corrected chi connectivity index (χ4v) is 2.19. The second-order valence-corrected chi connectivity index (χ2v) is 4.23. The van der Waals surface area contributed by atoms with Crippen LogP contribution >= 0.6 is 0 Å². The van der Waals surface area contributed by atoms with Gasteiger partial charge in [-0.1, -0.05) is 26.7 Å². The van der Waals surface area contributed by atoms with Gasteiger partial charge in [0.1, 0.15) is 0 Å². The molecule has 0 radical (unpaired) electrons. The summed E-state index contributed by atoms with van der Waals surface area (Å²) in [6.07, 6.45) is 7.60. The third-order valence-corrected chi connectivity index (χ3v) is 3.25. The predicted molar refractivity (Wildman–Crippen MR) is 57.7 cm³/mol. The molecule has 0 aromatic carbocycles. The summed E-state index contributed by atoms with van der Waals surface area (Å²) in [5.74, 6) is 0. The van der Waals surface area contributed by atoms with Gasteiger partial charge in [0.25, 0.3) is 0 Å². The van der Waals surface area contributed by atoms with Gasteiger partial charge in [-0.15, -0.1) is 0 Å². The van der Waals surface area contributed by atoms with Gasteiger partial charge < -0.3 is 11.1 Å². The van der Waals surface area contributed by atoms with Crippen molar-refractivity contribution in [2.24, 2.45) is 5.73 Å². The highest BCUT2D eigenvalue weighted by Crippen LogP contribution is 2.18. The zero-order valence-corrected chi connectivity index (χ0v) is 9.05. The van der Waals surface area contributed by atoms with Crippen LogP contribution in [0.25, 0.3) is 0 Å². The highest BCUT2D eigenvalue weighted by Gasteiger charge is 2.22. The second-order valence-electron chi connectivity index (χ2n) is 4.23. The fourth-order valence-electron chi connectivity index (χ4n) is 2.19. The molecule has 0 aromatic heterocycles. The zero-order valence-electron chi connectivity index (χ0n) is 9.05. The van der Waals surface area contributed by atoms with Crippen molar-refractivity contribution >= 4 is 0 Å². The van der Waals surface area contributed by atoms with Crippen LogP contribution in [-0.4, -0.2) is 18.1 Å². The molecule has 1 rings (SSSR count). The molecule has 0 aliphatic heterocycles. The van der Waals surface area contributed by atoms with E-state index in [1.54, 1.807) is 0 Å². The minimum absolute atomic E-state index is 0.398. The highest BCUT2D eigenvalue weighted by molar-refractivity contribution is 4.85. The average Bonchev–Trinajstić information content (AvgIpc) is 2.17. The van der Waals surface area contributed by atoms with Crippen molar-refractivity contribution in [2.75, 3.05) is 0 Å². The standard InChI is InChI=1S/C11H24N2/c1-3-9(4-2)13-11-8-6-5-7-10(11)12/h9-11,13H,3-8,12H2,1-2H3. The molecule has 0 saturated heterocycles. The first-order valence-corrected chi connectivity index (χ1v) is 5.79. The van der Waals surface area contributed by atoms with E-state index in [0.29, 0.717) is 18.1 Å². The van der Waals surface area contributed by atoms with Crippen molar-refractivity contribution in [1.29, 1.82) is 0 Å². The predicted octanol–water partition coefficient (Wildman–Crippen LogP) is 2.03. The Morgan fingerprint density at radius 1 is 1.23 bits per heavy atom. The Balaban J connectivity index is 2.32. The maximum atomic E-state index is 6.07. The first kappa shape index (κ1) is 11.0. The number of rotatable bonds is 4. The molecule has 1 aliphatic carbocycles. The van der Waals surface area contributed by atoms with E-state index in [-0.39, 0.29) is 0 Å². The summed E-state index contributed by atoms with van der Waals surface area (Å²) < 4.78 is 0. The van der Waals surface area contributed by atoms with Gasteiger partial charge in [-0.2, -0.15) is 0 Å². The van der Waals surface area contributed by atoms with Crippen LogP contribution in [0.3, 0.4) is 0 Å². The first-order valence-electron chi connectivity index (χ1n) is 5.79. The molecule has 78 valence electrons. The van der Waals surface area contributed by atoms with E-state index in [9.17, 15) is 0 Å². The summed E-state index contributed by atoms with van der Waals surface area (Å²) in [6.45, 7) is 4.49. The van der Waals surface area contributed by atoms with Crippen molar-refractivity contribution in [3.05, 3.63) is 0 Å². The van der Waals surface area contributed by atoms with Crippen molar-refractivity contribution in [1.82, 2.24) is 5.32 Å². The average molecular weight is 184 g/mol. The summed E-state index contributed by atoms with van der Waals surface area (Å²) in [6, 6.07) is 1.65.